The molecule has 0 spiro atoms. The number of alkyl halides is 6. The van der Waals surface area contributed by atoms with Gasteiger partial charge in [0.15, 0.2) is 0 Å². The van der Waals surface area contributed by atoms with E-state index >= 15 is 0 Å². The van der Waals surface area contributed by atoms with Crippen molar-refractivity contribution in [3.05, 3.63) is 89.5 Å². The van der Waals surface area contributed by atoms with Crippen molar-refractivity contribution in [1.82, 2.24) is 0 Å². The highest BCUT2D eigenvalue weighted by Crippen LogP contribution is 2.51. The summed E-state index contributed by atoms with van der Waals surface area (Å²) < 4.78 is 92.9. The van der Waals surface area contributed by atoms with Gasteiger partial charge in [-0.1, -0.05) is 48.5 Å². The van der Waals surface area contributed by atoms with Crippen LogP contribution in [0.1, 0.15) is 36.0 Å². The summed E-state index contributed by atoms with van der Waals surface area (Å²) in [7, 11) is 1.48. The molecule has 0 aromatic heterocycles. The second-order valence-corrected chi connectivity index (χ2v) is 9.59. The van der Waals surface area contributed by atoms with E-state index in [4.69, 9.17) is 9.47 Å². The van der Waals surface area contributed by atoms with Crippen molar-refractivity contribution in [2.75, 3.05) is 18.6 Å². The van der Waals surface area contributed by atoms with Crippen molar-refractivity contribution in [2.45, 2.75) is 49.7 Å². The van der Waals surface area contributed by atoms with E-state index in [0.29, 0.717) is 29.2 Å². The maximum atomic E-state index is 13.8. The summed E-state index contributed by atoms with van der Waals surface area (Å²) in [6, 6.07) is 17.8. The summed E-state index contributed by atoms with van der Waals surface area (Å²) in [5.41, 5.74) is -5.57. The van der Waals surface area contributed by atoms with Crippen LogP contribution < -0.4 is 14.4 Å². The molecule has 1 aliphatic heterocycles. The van der Waals surface area contributed by atoms with Crippen LogP contribution in [0.2, 0.25) is 0 Å². The molecule has 0 saturated heterocycles. The summed E-state index contributed by atoms with van der Waals surface area (Å²) >= 11 is 0. The number of aliphatic hydroxyl groups is 1. The average Bonchev–Trinajstić information content (AvgIpc) is 3.10. The molecule has 0 bridgehead atoms. The lowest BCUT2D eigenvalue weighted by atomic mass is 9.89. The Morgan fingerprint density at radius 3 is 2.20 bits per heavy atom. The van der Waals surface area contributed by atoms with Gasteiger partial charge in [-0.15, -0.1) is 0 Å². The standard InChI is InChI=1S/C29H27F6NO4/c1-18(19-7-4-3-5-8-19)26(37)36-17-24(40-23-10-6-9-22(16-23)39-2)13-11-20-15-21(12-14-25(20)36)27(38,28(30,31)32)29(33,34)35/h3-10,12,14-16,18,24,38H,11,13,17H2,1-2H3/t18-,24+/m1/s1. The molecule has 3 aromatic rings. The zero-order chi connectivity index (χ0) is 29.3. The van der Waals surface area contributed by atoms with E-state index in [9.17, 15) is 36.2 Å². The smallest absolute Gasteiger partial charge is 0.430 e. The van der Waals surface area contributed by atoms with Gasteiger partial charge in [-0.2, -0.15) is 26.3 Å². The lowest BCUT2D eigenvalue weighted by Crippen LogP contribution is -2.54. The molecule has 0 fully saturated rings. The molecular formula is C29H27F6NO4. The number of benzene rings is 3. The SMILES string of the molecule is COc1cccc(O[C@H]2CCc3cc(C(O)(C(F)(F)F)C(F)(F)F)ccc3N(C(=O)[C@H](C)c3ccccc3)C2)c1. The highest BCUT2D eigenvalue weighted by Gasteiger charge is 2.71. The van der Waals surface area contributed by atoms with Gasteiger partial charge in [-0.3, -0.25) is 4.79 Å². The molecule has 4 rings (SSSR count). The Morgan fingerprint density at radius 2 is 1.57 bits per heavy atom. The third kappa shape index (κ3) is 5.60. The summed E-state index contributed by atoms with van der Waals surface area (Å²) in [5, 5.41) is 9.97. The first kappa shape index (κ1) is 29.3. The number of methoxy groups -OCH3 is 1. The van der Waals surface area contributed by atoms with Crippen molar-refractivity contribution in [2.24, 2.45) is 0 Å². The number of anilines is 1. The zero-order valence-electron chi connectivity index (χ0n) is 21.6. The van der Waals surface area contributed by atoms with Gasteiger partial charge in [-0.05, 0) is 49.1 Å². The maximum absolute atomic E-state index is 13.8. The fourth-order valence-electron chi connectivity index (χ4n) is 4.76. The van der Waals surface area contributed by atoms with Gasteiger partial charge >= 0.3 is 12.4 Å². The highest BCUT2D eigenvalue weighted by molar-refractivity contribution is 5.98. The number of halogens is 6. The normalized spacial score (nSPS) is 17.0. The van der Waals surface area contributed by atoms with Gasteiger partial charge in [0.2, 0.25) is 5.91 Å². The Kier molecular flexibility index (Phi) is 8.07. The third-order valence-corrected chi connectivity index (χ3v) is 7.01. The van der Waals surface area contributed by atoms with Crippen LogP contribution in [0.4, 0.5) is 32.0 Å². The van der Waals surface area contributed by atoms with Crippen LogP contribution in [0.25, 0.3) is 0 Å². The van der Waals surface area contributed by atoms with Crippen LogP contribution in [-0.2, 0) is 16.8 Å². The van der Waals surface area contributed by atoms with E-state index < -0.39 is 41.4 Å². The van der Waals surface area contributed by atoms with Crippen LogP contribution in [0, 0.1) is 0 Å². The molecule has 1 amide bonds. The van der Waals surface area contributed by atoms with Gasteiger partial charge in [-0.25, -0.2) is 0 Å². The molecule has 0 saturated carbocycles. The Hall–Kier alpha value is -3.73. The average molecular weight is 568 g/mol. The minimum absolute atomic E-state index is 0.00684. The van der Waals surface area contributed by atoms with E-state index in [1.807, 2.05) is 0 Å². The number of aryl methyl sites for hydroxylation is 1. The van der Waals surface area contributed by atoms with Crippen molar-refractivity contribution < 1.29 is 45.7 Å². The van der Waals surface area contributed by atoms with Crippen molar-refractivity contribution >= 4 is 11.6 Å². The van der Waals surface area contributed by atoms with E-state index in [0.717, 1.165) is 6.07 Å². The summed E-state index contributed by atoms with van der Waals surface area (Å²) in [5.74, 6) is -0.152. The Balaban J connectivity index is 1.76. The Morgan fingerprint density at radius 1 is 0.925 bits per heavy atom. The van der Waals surface area contributed by atoms with Crippen molar-refractivity contribution in [3.8, 4) is 11.5 Å². The van der Waals surface area contributed by atoms with Gasteiger partial charge in [0, 0.05) is 17.3 Å². The van der Waals surface area contributed by atoms with Gasteiger partial charge in [0.05, 0.1) is 19.6 Å². The minimum atomic E-state index is -6.03. The Bertz CT molecular complexity index is 1330. The maximum Gasteiger partial charge on any atom is 0.430 e. The van der Waals surface area contributed by atoms with Crippen molar-refractivity contribution in [1.29, 1.82) is 0 Å². The third-order valence-electron chi connectivity index (χ3n) is 7.01. The molecule has 2 atom stereocenters. The molecule has 0 aliphatic carbocycles. The number of rotatable bonds is 6. The minimum Gasteiger partial charge on any atom is -0.497 e. The van der Waals surface area contributed by atoms with E-state index in [-0.39, 0.29) is 30.6 Å². The molecule has 40 heavy (non-hydrogen) atoms. The van der Waals surface area contributed by atoms with Crippen LogP contribution in [0.15, 0.2) is 72.8 Å². The summed E-state index contributed by atoms with van der Waals surface area (Å²) in [4.78, 5) is 15.1. The molecule has 0 unspecified atom stereocenters. The number of hydrogen-bond donors (Lipinski definition) is 1. The van der Waals surface area contributed by atoms with Crippen LogP contribution in [0.5, 0.6) is 11.5 Å². The van der Waals surface area contributed by atoms with E-state index in [1.54, 1.807) is 61.5 Å². The van der Waals surface area contributed by atoms with Gasteiger partial charge in [0.1, 0.15) is 17.6 Å². The molecule has 1 aliphatic rings. The quantitative estimate of drug-likeness (QED) is 0.344. The topological polar surface area (TPSA) is 59.0 Å². The number of nitrogens with zero attached hydrogens (tertiary/aromatic N) is 1. The molecule has 3 aromatic carbocycles. The predicted molar refractivity (Wildman–Crippen MR) is 135 cm³/mol. The number of amides is 1. The fourth-order valence-corrected chi connectivity index (χ4v) is 4.76. The van der Waals surface area contributed by atoms with Gasteiger partial charge in [0.25, 0.3) is 5.60 Å². The van der Waals surface area contributed by atoms with Gasteiger partial charge < -0.3 is 19.5 Å². The molecule has 0 radical (unpaired) electrons. The lowest BCUT2D eigenvalue weighted by molar-refractivity contribution is -0.376. The predicted octanol–water partition coefficient (Wildman–Crippen LogP) is 6.54. The number of hydrogen-bond acceptors (Lipinski definition) is 4. The number of ether oxygens (including phenoxy) is 2. The van der Waals surface area contributed by atoms with Crippen molar-refractivity contribution in [3.63, 3.8) is 0 Å². The fraction of sp³-hybridized carbons (Fsp3) is 0.345. The highest BCUT2D eigenvalue weighted by atomic mass is 19.4. The molecule has 1 N–H and O–H groups in total. The number of fused-ring (bicyclic) bond motifs is 1. The second kappa shape index (κ2) is 11.0. The molecule has 1 heterocycles. The first-order chi connectivity index (χ1) is 18.8. The summed E-state index contributed by atoms with van der Waals surface area (Å²) in [6.45, 7) is 1.66. The van der Waals surface area contributed by atoms with E-state index in [1.165, 1.54) is 12.0 Å². The largest absolute Gasteiger partial charge is 0.497 e. The molecule has 214 valence electrons. The first-order valence-corrected chi connectivity index (χ1v) is 12.4. The Labute approximate surface area is 226 Å². The lowest BCUT2D eigenvalue weighted by Gasteiger charge is -2.34. The zero-order valence-corrected chi connectivity index (χ0v) is 21.6. The number of carbonyl (C=O) groups excluding carboxylic acids is 1. The van der Waals surface area contributed by atoms with Crippen LogP contribution >= 0.6 is 0 Å². The first-order valence-electron chi connectivity index (χ1n) is 12.4. The molecule has 11 heteroatoms. The van der Waals surface area contributed by atoms with Crippen LogP contribution in [-0.4, -0.2) is 43.1 Å². The second-order valence-electron chi connectivity index (χ2n) is 9.59. The van der Waals surface area contributed by atoms with Crippen LogP contribution in [0.3, 0.4) is 0 Å². The molecule has 5 nitrogen and oxygen atoms in total. The molecular weight excluding hydrogens is 540 g/mol. The monoisotopic (exact) mass is 567 g/mol. The summed E-state index contributed by atoms with van der Waals surface area (Å²) in [6.07, 6.45) is -12.5. The van der Waals surface area contributed by atoms with E-state index in [2.05, 4.69) is 0 Å². The number of carbonyl (C=O) groups is 1.